The summed E-state index contributed by atoms with van der Waals surface area (Å²) in [6.45, 7) is 13.0. The van der Waals surface area contributed by atoms with E-state index in [0.29, 0.717) is 77.1 Å². The molecule has 2 heterocycles. The lowest BCUT2D eigenvalue weighted by Crippen LogP contribution is -2.52. The third-order valence-corrected chi connectivity index (χ3v) is 18.2. The molecule has 3 aromatic rings. The average molecular weight is 1380 g/mol. The number of rotatable bonds is 40. The van der Waals surface area contributed by atoms with E-state index in [1.54, 1.807) is 19.2 Å². The Morgan fingerprint density at radius 3 is 2.06 bits per heavy atom. The molecule has 0 fully saturated rings. The van der Waals surface area contributed by atoms with Crippen molar-refractivity contribution >= 4 is 91.1 Å². The molecule has 3 aromatic carbocycles. The van der Waals surface area contributed by atoms with Crippen LogP contribution in [0, 0.1) is 10.1 Å². The van der Waals surface area contributed by atoms with Crippen LogP contribution in [0.25, 0.3) is 0 Å². The van der Waals surface area contributed by atoms with Crippen LogP contribution >= 0.6 is 12.6 Å². The molecule has 2 aliphatic rings. The maximum absolute atomic E-state index is 13.6. The van der Waals surface area contributed by atoms with Gasteiger partial charge in [-0.25, -0.2) is 8.42 Å². The third kappa shape index (κ3) is 22.4. The van der Waals surface area contributed by atoms with E-state index in [1.807, 2.05) is 65.0 Å². The van der Waals surface area contributed by atoms with Crippen molar-refractivity contribution in [2.24, 2.45) is 5.73 Å². The zero-order chi connectivity index (χ0) is 70.3. The molecule has 0 aliphatic carbocycles. The molecule has 0 saturated carbocycles. The number of anilines is 1. The van der Waals surface area contributed by atoms with E-state index < -0.39 is 96.5 Å². The summed E-state index contributed by atoms with van der Waals surface area (Å²) in [6.07, 6.45) is 12.6. The number of nitrogens with zero attached hydrogens (tertiary/aromatic N) is 3. The van der Waals surface area contributed by atoms with E-state index >= 15 is 0 Å². The van der Waals surface area contributed by atoms with Crippen molar-refractivity contribution in [1.29, 1.82) is 0 Å². The van der Waals surface area contributed by atoms with E-state index in [0.717, 1.165) is 34.4 Å². The van der Waals surface area contributed by atoms with Gasteiger partial charge in [-0.05, 0) is 114 Å². The van der Waals surface area contributed by atoms with Gasteiger partial charge in [0.15, 0.2) is 17.2 Å². The molecule has 5 rings (SSSR count). The number of ether oxygens (including phenoxy) is 4. The standard InChI is InChI=1S/C64H90N10O18S3/c1-9-72-50-26-24-43(94(83,84)85)35-46(50)63(3,4)55(72)20-12-10-13-21-56-64(5,6)47-36-44(95(86,87)88)25-27-51(47)73(56)30-17-11-14-22-57(75)66-28-16-15-19-49(71-60(78)40-68-61(79)48(65)41-93)62(80)69-39-59(77)70-42(2)45-37-53(90-8)54(38-52(45)74(81)82)92-31-18-23-58(76)67-29-32-91-34-33-89-7/h10,12-13,20-21,24-27,35-38,42,48-49H,9,11,14-19,22-23,28-34,39-41,65H2,1-8H3,(H8-,66,67,68,69,70,71,75,76,77,78,79,80,83,84,85,86,87,88,93)/t42?,48-,49-/m0/s1. The van der Waals surface area contributed by atoms with Gasteiger partial charge < -0.3 is 66.0 Å². The minimum absolute atomic E-state index is 0.0102. The summed E-state index contributed by atoms with van der Waals surface area (Å²) in [4.78, 5) is 90.7. The topological polar surface area (TPSA) is 398 Å². The Kier molecular flexibility index (Phi) is 29.8. The number of likely N-dealkylation sites (N-methyl/N-ethyl adjacent to an activating group) is 1. The summed E-state index contributed by atoms with van der Waals surface area (Å²) in [5, 5.41) is 28.0. The highest BCUT2D eigenvalue weighted by Gasteiger charge is 2.45. The van der Waals surface area contributed by atoms with Crippen molar-refractivity contribution < 1.29 is 83.2 Å². The van der Waals surface area contributed by atoms with Crippen molar-refractivity contribution in [3.63, 3.8) is 0 Å². The molecule has 522 valence electrons. The number of allylic oxidation sites excluding steroid dienone is 6. The van der Waals surface area contributed by atoms with Crippen LogP contribution in [-0.2, 0) is 69.3 Å². The second-order valence-corrected chi connectivity index (χ2v) is 26.8. The zero-order valence-electron chi connectivity index (χ0n) is 54.9. The molecule has 0 radical (unpaired) electrons. The molecule has 9 N–H and O–H groups in total. The summed E-state index contributed by atoms with van der Waals surface area (Å²) >= 11 is 4.00. The van der Waals surface area contributed by atoms with E-state index in [4.69, 9.17) is 24.7 Å². The number of hydrogen-bond donors (Lipinski definition) is 9. The number of nitrogens with one attached hydrogen (secondary N) is 6. The number of benzene rings is 3. The van der Waals surface area contributed by atoms with Crippen molar-refractivity contribution in [3.05, 3.63) is 111 Å². The van der Waals surface area contributed by atoms with Crippen LogP contribution in [-0.4, -0.2) is 174 Å². The van der Waals surface area contributed by atoms with Crippen LogP contribution in [0.3, 0.4) is 0 Å². The van der Waals surface area contributed by atoms with Crippen LogP contribution in [0.4, 0.5) is 17.1 Å². The highest BCUT2D eigenvalue weighted by Crippen LogP contribution is 2.48. The summed E-state index contributed by atoms with van der Waals surface area (Å²) in [6, 6.07) is 8.23. The second-order valence-electron chi connectivity index (χ2n) is 23.6. The highest BCUT2D eigenvalue weighted by molar-refractivity contribution is 7.86. The van der Waals surface area contributed by atoms with E-state index in [2.05, 4.69) is 54.0 Å². The van der Waals surface area contributed by atoms with Crippen LogP contribution in [0.1, 0.15) is 122 Å². The zero-order valence-corrected chi connectivity index (χ0v) is 57.5. The largest absolute Gasteiger partial charge is 0.744 e. The second kappa shape index (κ2) is 36.4. The smallest absolute Gasteiger partial charge is 0.294 e. The minimum atomic E-state index is -4.67. The maximum atomic E-state index is 13.6. The van der Waals surface area contributed by atoms with Crippen LogP contribution in [0.5, 0.6) is 11.5 Å². The van der Waals surface area contributed by atoms with E-state index in [1.165, 1.54) is 44.4 Å². The molecule has 0 spiro atoms. The molecule has 28 nitrogen and oxygen atoms in total. The number of thiol groups is 1. The van der Waals surface area contributed by atoms with Gasteiger partial charge >= 0.3 is 0 Å². The fraction of sp³-hybridized carbons (Fsp3) is 0.516. The molecule has 31 heteroatoms. The number of nitrogens with two attached hydrogens (primary N) is 1. The molecule has 3 atom stereocenters. The van der Waals surface area contributed by atoms with Gasteiger partial charge in [-0.3, -0.25) is 43.4 Å². The first-order chi connectivity index (χ1) is 44.9. The molecular formula is C64H90N10O18S3. The molecule has 0 aromatic heterocycles. The molecule has 6 amide bonds. The van der Waals surface area contributed by atoms with Crippen LogP contribution in [0.15, 0.2) is 94.4 Å². The van der Waals surface area contributed by atoms with E-state index in [9.17, 15) is 64.8 Å². The lowest BCUT2D eigenvalue weighted by molar-refractivity contribution is -0.438. The number of fused-ring (bicyclic) bond motifs is 2. The first-order valence-electron chi connectivity index (χ1n) is 31.2. The summed E-state index contributed by atoms with van der Waals surface area (Å²) in [5.41, 5.74) is 8.77. The monoisotopic (exact) mass is 1380 g/mol. The number of carbonyl (C=O) groups is 6. The lowest BCUT2D eigenvalue weighted by atomic mass is 9.81. The molecule has 1 unspecified atom stereocenters. The quantitative estimate of drug-likeness (QED) is 0.00715. The average Bonchev–Trinajstić information content (AvgIpc) is 1.59. The first kappa shape index (κ1) is 77.9. The summed E-state index contributed by atoms with van der Waals surface area (Å²) in [5.74, 6) is -3.14. The Labute approximate surface area is 560 Å². The number of carbonyl (C=O) groups excluding carboxylic acids is 6. The van der Waals surface area contributed by atoms with E-state index in [-0.39, 0.29) is 83.3 Å². The Bertz CT molecular complexity index is 3610. The number of amides is 6. The van der Waals surface area contributed by atoms with Gasteiger partial charge in [0.2, 0.25) is 41.1 Å². The van der Waals surface area contributed by atoms with Gasteiger partial charge in [0.05, 0.1) is 90.5 Å². The van der Waals surface area contributed by atoms with Crippen LogP contribution < -0.4 is 52.0 Å². The Morgan fingerprint density at radius 2 is 1.41 bits per heavy atom. The Hall–Kier alpha value is -7.78. The highest BCUT2D eigenvalue weighted by atomic mass is 32.2. The molecular weight excluding hydrogens is 1290 g/mol. The number of hydrogen-bond acceptors (Lipinski definition) is 20. The summed E-state index contributed by atoms with van der Waals surface area (Å²) in [7, 11) is -6.29. The predicted molar refractivity (Wildman–Crippen MR) is 358 cm³/mol. The van der Waals surface area contributed by atoms with Gasteiger partial charge in [0.25, 0.3) is 15.8 Å². The van der Waals surface area contributed by atoms with Gasteiger partial charge in [-0.1, -0.05) is 32.1 Å². The number of nitro groups is 1. The SMILES string of the molecule is CCN1/C(=C/C=C/C=C/C2=[N+](CCCCCC(=O)NCCCC[C@H](NC(=O)CNC(=O)[C@@H](N)CS)C(=O)NCC(=O)NC(C)c3cc(OC)c(OCCCC(=O)NCCOCCOC)cc3[N+](=O)[O-])c3ccc(S(=O)(=O)O)cc3C2(C)C)C(C)(C)c2cc(S(=O)(=O)[O-])ccc21. The number of methoxy groups -OCH3 is 2. The minimum Gasteiger partial charge on any atom is -0.744 e. The third-order valence-electron chi connectivity index (χ3n) is 16.1. The van der Waals surface area contributed by atoms with Crippen LogP contribution in [0.2, 0.25) is 0 Å². The van der Waals surface area contributed by atoms with Gasteiger partial charge in [0, 0.05) is 86.3 Å². The van der Waals surface area contributed by atoms with Gasteiger partial charge in [0.1, 0.15) is 22.7 Å². The van der Waals surface area contributed by atoms with Crippen molar-refractivity contribution in [2.75, 3.05) is 90.6 Å². The van der Waals surface area contributed by atoms with Gasteiger partial charge in [-0.2, -0.15) is 25.6 Å². The lowest BCUT2D eigenvalue weighted by Gasteiger charge is -2.25. The molecule has 2 aliphatic heterocycles. The Balaban J connectivity index is 1.14. The fourth-order valence-corrected chi connectivity index (χ4v) is 12.2. The fourth-order valence-electron chi connectivity index (χ4n) is 11.0. The maximum Gasteiger partial charge on any atom is 0.294 e. The molecule has 0 bridgehead atoms. The molecule has 95 heavy (non-hydrogen) atoms. The predicted octanol–water partition coefficient (Wildman–Crippen LogP) is 4.58. The van der Waals surface area contributed by atoms with Crippen molar-refractivity contribution in [1.82, 2.24) is 31.9 Å². The number of nitro benzene ring substituents is 1. The van der Waals surface area contributed by atoms with Gasteiger partial charge in [-0.15, -0.1) is 0 Å². The first-order valence-corrected chi connectivity index (χ1v) is 34.7. The normalized spacial score (nSPS) is 15.5. The summed E-state index contributed by atoms with van der Waals surface area (Å²) < 4.78 is 93.7. The van der Waals surface area contributed by atoms with Crippen molar-refractivity contribution in [3.8, 4) is 11.5 Å². The Morgan fingerprint density at radius 1 is 0.747 bits per heavy atom. The molecule has 0 saturated heterocycles. The van der Waals surface area contributed by atoms with Crippen molar-refractivity contribution in [2.45, 2.75) is 138 Å². The number of unbranched alkanes of at least 4 members (excludes halogenated alkanes) is 3.